The molecule has 0 amide bonds. The summed E-state index contributed by atoms with van der Waals surface area (Å²) in [5.41, 5.74) is 7.69. The van der Waals surface area contributed by atoms with Crippen LogP contribution in [0.4, 0.5) is 5.88 Å². The fraction of sp³-hybridized carbons (Fsp3) is 0.250. The highest BCUT2D eigenvalue weighted by molar-refractivity contribution is 8.03. The van der Waals surface area contributed by atoms with Crippen molar-refractivity contribution in [3.05, 3.63) is 18.3 Å². The van der Waals surface area contributed by atoms with Gasteiger partial charge in [0.25, 0.3) is 0 Å². The van der Waals surface area contributed by atoms with Gasteiger partial charge in [-0.15, -0.1) is 35.3 Å². The average Bonchev–Trinajstić information content (AvgIpc) is 2.83. The summed E-state index contributed by atoms with van der Waals surface area (Å²) in [5.74, 6) is 0.367. The second-order valence-electron chi connectivity index (χ2n) is 3.52. The summed E-state index contributed by atoms with van der Waals surface area (Å²) in [6.07, 6.45) is 7.93. The van der Waals surface area contributed by atoms with Gasteiger partial charge in [0, 0.05) is 14.7 Å². The van der Waals surface area contributed by atoms with Crippen LogP contribution in [0.3, 0.4) is 0 Å². The molecule has 0 fully saturated rings. The van der Waals surface area contributed by atoms with E-state index in [1.807, 2.05) is 0 Å². The molecule has 6 heteroatoms. The number of rotatable bonds is 4. The normalized spacial score (nSPS) is 10.8. The zero-order valence-electron chi connectivity index (χ0n) is 10.4. The van der Waals surface area contributed by atoms with E-state index in [0.29, 0.717) is 5.88 Å². The molecule has 1 aromatic carbocycles. The monoisotopic (exact) mass is 298 g/mol. The Balaban J connectivity index is 2.60. The molecule has 1 heterocycles. The van der Waals surface area contributed by atoms with Crippen LogP contribution in [-0.2, 0) is 0 Å². The number of nitrogen functional groups attached to an aromatic ring is 1. The maximum Gasteiger partial charge on any atom is 0.229 e. The molecular formula is C12H14N2OS3. The lowest BCUT2D eigenvalue weighted by Crippen LogP contribution is -1.89. The Morgan fingerprint density at radius 1 is 1.06 bits per heavy atom. The van der Waals surface area contributed by atoms with Crippen LogP contribution < -0.4 is 5.73 Å². The third kappa shape index (κ3) is 2.50. The maximum absolute atomic E-state index is 5.78. The van der Waals surface area contributed by atoms with Crippen LogP contribution in [0.25, 0.3) is 11.1 Å². The first kappa shape index (κ1) is 13.7. The summed E-state index contributed by atoms with van der Waals surface area (Å²) >= 11 is 5.25. The molecule has 0 aliphatic rings. The molecule has 0 unspecified atom stereocenters. The molecule has 0 saturated heterocycles. The molecule has 0 spiro atoms. The van der Waals surface area contributed by atoms with Gasteiger partial charge in [-0.3, -0.25) is 0 Å². The quantitative estimate of drug-likeness (QED) is 0.858. The highest BCUT2D eigenvalue weighted by atomic mass is 32.2. The van der Waals surface area contributed by atoms with Gasteiger partial charge in [-0.05, 0) is 36.5 Å². The van der Waals surface area contributed by atoms with Crippen LogP contribution in [0.2, 0.25) is 0 Å². The lowest BCUT2D eigenvalue weighted by atomic mass is 10.1. The van der Waals surface area contributed by atoms with E-state index < -0.39 is 0 Å². The minimum atomic E-state index is 0.367. The van der Waals surface area contributed by atoms with Crippen LogP contribution in [0.5, 0.6) is 0 Å². The third-order valence-electron chi connectivity index (χ3n) is 2.57. The van der Waals surface area contributed by atoms with E-state index in [1.54, 1.807) is 41.5 Å². The fourth-order valence-electron chi connectivity index (χ4n) is 1.70. The van der Waals surface area contributed by atoms with E-state index in [9.17, 15) is 0 Å². The fourth-order valence-corrected chi connectivity index (χ4v) is 4.37. The van der Waals surface area contributed by atoms with E-state index in [0.717, 1.165) is 11.1 Å². The van der Waals surface area contributed by atoms with Crippen molar-refractivity contribution in [3.63, 3.8) is 0 Å². The number of nitrogens with two attached hydrogens (primary N) is 1. The van der Waals surface area contributed by atoms with E-state index in [4.69, 9.17) is 10.3 Å². The average molecular weight is 298 g/mol. The minimum absolute atomic E-state index is 0.367. The van der Waals surface area contributed by atoms with Crippen molar-refractivity contribution in [1.29, 1.82) is 0 Å². The number of hydrogen-bond donors (Lipinski definition) is 1. The number of anilines is 1. The second kappa shape index (κ2) is 5.95. The van der Waals surface area contributed by atoms with Crippen LogP contribution >= 0.6 is 35.3 Å². The molecule has 0 aliphatic heterocycles. The molecule has 0 radical (unpaired) electrons. The second-order valence-corrected chi connectivity index (χ2v) is 6.03. The molecule has 0 atom stereocenters. The largest absolute Gasteiger partial charge is 0.367 e. The summed E-state index contributed by atoms with van der Waals surface area (Å²) in [7, 11) is 0. The molecule has 0 aliphatic carbocycles. The maximum atomic E-state index is 5.78. The number of benzene rings is 1. The van der Waals surface area contributed by atoms with Crippen molar-refractivity contribution in [2.75, 3.05) is 24.5 Å². The summed E-state index contributed by atoms with van der Waals surface area (Å²) in [6.45, 7) is 0. The van der Waals surface area contributed by atoms with E-state index >= 15 is 0 Å². The van der Waals surface area contributed by atoms with Crippen molar-refractivity contribution in [2.45, 2.75) is 14.7 Å². The van der Waals surface area contributed by atoms with Crippen LogP contribution in [-0.4, -0.2) is 23.9 Å². The summed E-state index contributed by atoms with van der Waals surface area (Å²) in [6, 6.07) is 4.28. The van der Waals surface area contributed by atoms with Crippen molar-refractivity contribution in [1.82, 2.24) is 5.16 Å². The lowest BCUT2D eigenvalue weighted by Gasteiger charge is -2.12. The Morgan fingerprint density at radius 3 is 2.06 bits per heavy atom. The Kier molecular flexibility index (Phi) is 4.53. The number of nitrogens with zero attached hydrogens (tertiary/aromatic N) is 1. The Hall–Kier alpha value is -0.720. The SMILES string of the molecule is CSc1cc(-c2cnoc2N)cc(SC)c1SC. The molecule has 2 N–H and O–H groups in total. The van der Waals surface area contributed by atoms with Gasteiger partial charge in [0.1, 0.15) is 0 Å². The van der Waals surface area contributed by atoms with Crippen molar-refractivity contribution < 1.29 is 4.52 Å². The molecule has 0 saturated carbocycles. The highest BCUT2D eigenvalue weighted by Crippen LogP contribution is 2.40. The van der Waals surface area contributed by atoms with E-state index in [-0.39, 0.29) is 0 Å². The van der Waals surface area contributed by atoms with Gasteiger partial charge in [-0.25, -0.2) is 0 Å². The van der Waals surface area contributed by atoms with Crippen molar-refractivity contribution >= 4 is 41.2 Å². The summed E-state index contributed by atoms with van der Waals surface area (Å²) in [4.78, 5) is 3.82. The first-order valence-corrected chi connectivity index (χ1v) is 8.89. The van der Waals surface area contributed by atoms with Crippen LogP contribution in [0, 0.1) is 0 Å². The number of hydrogen-bond acceptors (Lipinski definition) is 6. The van der Waals surface area contributed by atoms with Gasteiger partial charge >= 0.3 is 0 Å². The predicted molar refractivity (Wildman–Crippen MR) is 81.7 cm³/mol. The number of thioether (sulfide) groups is 3. The van der Waals surface area contributed by atoms with E-state index in [1.165, 1.54) is 14.7 Å². The van der Waals surface area contributed by atoms with Gasteiger partial charge < -0.3 is 10.3 Å². The molecule has 18 heavy (non-hydrogen) atoms. The minimum Gasteiger partial charge on any atom is -0.367 e. The zero-order valence-corrected chi connectivity index (χ0v) is 12.8. The van der Waals surface area contributed by atoms with Crippen LogP contribution in [0.1, 0.15) is 0 Å². The molecule has 0 bridgehead atoms. The Labute approximate surface area is 119 Å². The zero-order chi connectivity index (χ0) is 13.1. The topological polar surface area (TPSA) is 52.0 Å². The van der Waals surface area contributed by atoms with Gasteiger partial charge in [0.2, 0.25) is 5.88 Å². The first-order valence-electron chi connectivity index (χ1n) is 5.21. The van der Waals surface area contributed by atoms with Gasteiger partial charge in [-0.1, -0.05) is 5.16 Å². The molecule has 96 valence electrons. The lowest BCUT2D eigenvalue weighted by molar-refractivity contribution is 0.436. The van der Waals surface area contributed by atoms with E-state index in [2.05, 4.69) is 36.1 Å². The third-order valence-corrected chi connectivity index (χ3v) is 5.20. The molecule has 2 rings (SSSR count). The number of aromatic nitrogens is 1. The molecule has 1 aromatic heterocycles. The predicted octanol–water partition coefficient (Wildman–Crippen LogP) is 4.09. The van der Waals surface area contributed by atoms with Crippen LogP contribution in [0.15, 0.2) is 37.5 Å². The molecular weight excluding hydrogens is 284 g/mol. The molecule has 2 aromatic rings. The Bertz CT molecular complexity index is 529. The smallest absolute Gasteiger partial charge is 0.229 e. The van der Waals surface area contributed by atoms with Gasteiger partial charge in [0.15, 0.2) is 0 Å². The standard InChI is InChI=1S/C12H14N2OS3/c1-16-9-4-7(8-6-14-15-12(8)13)5-10(17-2)11(9)18-3/h4-6H,13H2,1-3H3. The summed E-state index contributed by atoms with van der Waals surface area (Å²) < 4.78 is 4.93. The first-order chi connectivity index (χ1) is 8.71. The Morgan fingerprint density at radius 2 is 1.67 bits per heavy atom. The van der Waals surface area contributed by atoms with Crippen molar-refractivity contribution in [3.8, 4) is 11.1 Å². The van der Waals surface area contributed by atoms with Gasteiger partial charge in [0.05, 0.1) is 11.8 Å². The molecule has 3 nitrogen and oxygen atoms in total. The van der Waals surface area contributed by atoms with Gasteiger partial charge in [-0.2, -0.15) is 0 Å². The van der Waals surface area contributed by atoms with Crippen molar-refractivity contribution in [2.24, 2.45) is 0 Å². The summed E-state index contributed by atoms with van der Waals surface area (Å²) in [5, 5.41) is 3.73. The highest BCUT2D eigenvalue weighted by Gasteiger charge is 2.13.